The van der Waals surface area contributed by atoms with Crippen molar-refractivity contribution >= 4 is 5.91 Å². The van der Waals surface area contributed by atoms with Crippen LogP contribution in [-0.4, -0.2) is 49.2 Å². The Bertz CT molecular complexity index is 213. The summed E-state index contributed by atoms with van der Waals surface area (Å²) in [6.07, 6.45) is 2.29. The zero-order chi connectivity index (χ0) is 12.0. The molecule has 1 aliphatic heterocycles. The van der Waals surface area contributed by atoms with E-state index in [4.69, 9.17) is 4.74 Å². The second-order valence-electron chi connectivity index (χ2n) is 4.53. The predicted molar refractivity (Wildman–Crippen MR) is 64.4 cm³/mol. The minimum Gasteiger partial charge on any atom is -0.368 e. The first-order chi connectivity index (χ1) is 7.65. The van der Waals surface area contributed by atoms with Crippen LogP contribution < -0.4 is 5.32 Å². The maximum absolute atomic E-state index is 11.8. The van der Waals surface area contributed by atoms with Crippen molar-refractivity contribution in [2.75, 3.05) is 26.2 Å². The smallest absolute Gasteiger partial charge is 0.248 e. The highest BCUT2D eigenvalue weighted by Gasteiger charge is 2.18. The summed E-state index contributed by atoms with van der Waals surface area (Å²) >= 11 is 0. The van der Waals surface area contributed by atoms with E-state index in [1.807, 2.05) is 25.7 Å². The Kier molecular flexibility index (Phi) is 5.77. The van der Waals surface area contributed by atoms with Gasteiger partial charge in [-0.2, -0.15) is 0 Å². The zero-order valence-corrected chi connectivity index (χ0v) is 10.7. The number of likely N-dealkylation sites (N-methyl/N-ethyl adjacent to an activating group) is 1. The Hall–Kier alpha value is -0.610. The lowest BCUT2D eigenvalue weighted by Crippen LogP contribution is -2.41. The summed E-state index contributed by atoms with van der Waals surface area (Å²) in [5, 5.41) is 3.28. The van der Waals surface area contributed by atoms with Crippen molar-refractivity contribution in [3.63, 3.8) is 0 Å². The quantitative estimate of drug-likeness (QED) is 0.763. The van der Waals surface area contributed by atoms with Gasteiger partial charge < -0.3 is 15.0 Å². The number of ether oxygens (including phenoxy) is 1. The minimum atomic E-state index is 0.107. The molecule has 4 nitrogen and oxygen atoms in total. The Balaban J connectivity index is 2.27. The fourth-order valence-corrected chi connectivity index (χ4v) is 2.06. The monoisotopic (exact) mass is 228 g/mol. The first-order valence-corrected chi connectivity index (χ1v) is 6.27. The topological polar surface area (TPSA) is 41.6 Å². The fraction of sp³-hybridized carbons (Fsp3) is 0.917. The van der Waals surface area contributed by atoms with E-state index in [-0.39, 0.29) is 24.7 Å². The molecule has 0 radical (unpaired) electrons. The average molecular weight is 228 g/mol. The summed E-state index contributed by atoms with van der Waals surface area (Å²) in [7, 11) is 0. The van der Waals surface area contributed by atoms with Crippen molar-refractivity contribution in [3.05, 3.63) is 0 Å². The van der Waals surface area contributed by atoms with E-state index in [2.05, 4.69) is 5.32 Å². The molecule has 1 heterocycles. The summed E-state index contributed by atoms with van der Waals surface area (Å²) in [5.74, 6) is 0.107. The number of hydrogen-bond donors (Lipinski definition) is 1. The molecule has 1 rings (SSSR count). The van der Waals surface area contributed by atoms with Gasteiger partial charge in [-0.15, -0.1) is 0 Å². The molecule has 1 fully saturated rings. The Morgan fingerprint density at radius 3 is 2.56 bits per heavy atom. The Morgan fingerprint density at radius 2 is 2.06 bits per heavy atom. The van der Waals surface area contributed by atoms with Crippen LogP contribution in [0.4, 0.5) is 0 Å². The average Bonchev–Trinajstić information content (AvgIpc) is 2.28. The largest absolute Gasteiger partial charge is 0.368 e. The highest BCUT2D eigenvalue weighted by molar-refractivity contribution is 5.77. The van der Waals surface area contributed by atoms with E-state index in [0.29, 0.717) is 0 Å². The molecule has 0 atom stereocenters. The molecular weight excluding hydrogens is 204 g/mol. The third kappa shape index (κ3) is 4.10. The second-order valence-corrected chi connectivity index (χ2v) is 4.53. The number of carbonyl (C=O) groups excluding carboxylic acids is 1. The number of carbonyl (C=O) groups is 1. The summed E-state index contributed by atoms with van der Waals surface area (Å²) in [5.41, 5.74) is 0. The molecule has 94 valence electrons. The van der Waals surface area contributed by atoms with Crippen molar-refractivity contribution in [3.8, 4) is 0 Å². The molecular formula is C12H24N2O2. The van der Waals surface area contributed by atoms with Gasteiger partial charge in [0.15, 0.2) is 0 Å². The first-order valence-electron chi connectivity index (χ1n) is 6.27. The lowest BCUT2D eigenvalue weighted by molar-refractivity contribution is -0.140. The van der Waals surface area contributed by atoms with Gasteiger partial charge in [-0.25, -0.2) is 0 Å². The summed E-state index contributed by atoms with van der Waals surface area (Å²) in [4.78, 5) is 13.7. The Labute approximate surface area is 98.3 Å². The summed E-state index contributed by atoms with van der Waals surface area (Å²) in [6.45, 7) is 9.06. The van der Waals surface area contributed by atoms with E-state index in [1.165, 1.54) is 0 Å². The van der Waals surface area contributed by atoms with Gasteiger partial charge in [0.05, 0.1) is 6.10 Å². The molecule has 0 aromatic heterocycles. The molecule has 0 unspecified atom stereocenters. The molecule has 0 bridgehead atoms. The summed E-state index contributed by atoms with van der Waals surface area (Å²) in [6, 6.07) is 0.258. The first kappa shape index (κ1) is 13.5. The van der Waals surface area contributed by atoms with Crippen molar-refractivity contribution < 1.29 is 9.53 Å². The molecule has 0 spiro atoms. The van der Waals surface area contributed by atoms with Crippen LogP contribution in [0.5, 0.6) is 0 Å². The highest BCUT2D eigenvalue weighted by Crippen LogP contribution is 2.08. The SMILES string of the molecule is CCN(C(=O)COC1CCNCC1)C(C)C. The van der Waals surface area contributed by atoms with Crippen LogP contribution in [0.1, 0.15) is 33.6 Å². The molecule has 1 amide bonds. The van der Waals surface area contributed by atoms with Gasteiger partial charge in [-0.05, 0) is 46.7 Å². The van der Waals surface area contributed by atoms with E-state index < -0.39 is 0 Å². The van der Waals surface area contributed by atoms with Crippen LogP contribution >= 0.6 is 0 Å². The third-order valence-corrected chi connectivity index (χ3v) is 3.01. The Morgan fingerprint density at radius 1 is 1.44 bits per heavy atom. The van der Waals surface area contributed by atoms with Gasteiger partial charge >= 0.3 is 0 Å². The molecule has 0 saturated carbocycles. The lowest BCUT2D eigenvalue weighted by atomic mass is 10.1. The fourth-order valence-electron chi connectivity index (χ4n) is 2.06. The molecule has 0 aromatic carbocycles. The maximum atomic E-state index is 11.8. The molecule has 16 heavy (non-hydrogen) atoms. The molecule has 4 heteroatoms. The number of piperidine rings is 1. The van der Waals surface area contributed by atoms with E-state index in [9.17, 15) is 4.79 Å². The number of hydrogen-bond acceptors (Lipinski definition) is 3. The van der Waals surface area contributed by atoms with E-state index in [0.717, 1.165) is 32.5 Å². The number of amides is 1. The van der Waals surface area contributed by atoms with E-state index in [1.54, 1.807) is 0 Å². The van der Waals surface area contributed by atoms with Crippen molar-refractivity contribution in [2.45, 2.75) is 45.8 Å². The van der Waals surface area contributed by atoms with Crippen LogP contribution in [0.25, 0.3) is 0 Å². The molecule has 0 aliphatic carbocycles. The summed E-state index contributed by atoms with van der Waals surface area (Å²) < 4.78 is 5.65. The van der Waals surface area contributed by atoms with Crippen LogP contribution in [0.15, 0.2) is 0 Å². The van der Waals surface area contributed by atoms with Gasteiger partial charge in [0.1, 0.15) is 6.61 Å². The van der Waals surface area contributed by atoms with Crippen LogP contribution in [0.2, 0.25) is 0 Å². The second kappa shape index (κ2) is 6.86. The van der Waals surface area contributed by atoms with Crippen molar-refractivity contribution in [1.82, 2.24) is 10.2 Å². The number of rotatable bonds is 5. The standard InChI is InChI=1S/C12H24N2O2/c1-4-14(10(2)3)12(15)9-16-11-5-7-13-8-6-11/h10-11,13H,4-9H2,1-3H3. The van der Waals surface area contributed by atoms with Gasteiger partial charge in [-0.3, -0.25) is 4.79 Å². The van der Waals surface area contributed by atoms with Crippen LogP contribution in [0, 0.1) is 0 Å². The molecule has 1 N–H and O–H groups in total. The zero-order valence-electron chi connectivity index (χ0n) is 10.7. The van der Waals surface area contributed by atoms with Crippen LogP contribution in [0.3, 0.4) is 0 Å². The molecule has 0 aromatic rings. The lowest BCUT2D eigenvalue weighted by Gasteiger charge is -2.27. The van der Waals surface area contributed by atoms with Gasteiger partial charge in [0, 0.05) is 12.6 Å². The van der Waals surface area contributed by atoms with Gasteiger partial charge in [0.2, 0.25) is 5.91 Å². The predicted octanol–water partition coefficient (Wildman–Crippen LogP) is 1.01. The minimum absolute atomic E-state index is 0.107. The molecule has 1 saturated heterocycles. The van der Waals surface area contributed by atoms with E-state index >= 15 is 0 Å². The number of nitrogens with zero attached hydrogens (tertiary/aromatic N) is 1. The number of nitrogens with one attached hydrogen (secondary N) is 1. The maximum Gasteiger partial charge on any atom is 0.248 e. The van der Waals surface area contributed by atoms with Gasteiger partial charge in [0.25, 0.3) is 0 Å². The van der Waals surface area contributed by atoms with Crippen molar-refractivity contribution in [2.24, 2.45) is 0 Å². The van der Waals surface area contributed by atoms with Crippen LogP contribution in [-0.2, 0) is 9.53 Å². The third-order valence-electron chi connectivity index (χ3n) is 3.01. The highest BCUT2D eigenvalue weighted by atomic mass is 16.5. The molecule has 1 aliphatic rings. The van der Waals surface area contributed by atoms with Crippen molar-refractivity contribution in [1.29, 1.82) is 0 Å². The normalized spacial score (nSPS) is 17.8. The van der Waals surface area contributed by atoms with Gasteiger partial charge in [-0.1, -0.05) is 0 Å².